The zero-order valence-corrected chi connectivity index (χ0v) is 11.7. The normalized spacial score (nSPS) is 9.95. The number of rotatable bonds is 4. The molecule has 5 nitrogen and oxygen atoms in total. The number of urea groups is 1. The average molecular weight is 283 g/mol. The third-order valence-electron chi connectivity index (χ3n) is 2.96. The van der Waals surface area contributed by atoms with Crippen LogP contribution in [0.4, 0.5) is 10.5 Å². The number of aryl methyl sites for hydroxylation is 1. The number of amides is 3. The summed E-state index contributed by atoms with van der Waals surface area (Å²) in [5.74, 6) is -0.495. The molecule has 0 heterocycles. The van der Waals surface area contributed by atoms with E-state index >= 15 is 0 Å². The minimum absolute atomic E-state index is 0.302. The van der Waals surface area contributed by atoms with Crippen molar-refractivity contribution in [2.45, 2.75) is 13.5 Å². The molecule has 2 aromatic carbocycles. The quantitative estimate of drug-likeness (QED) is 0.805. The van der Waals surface area contributed by atoms with Crippen molar-refractivity contribution < 1.29 is 9.59 Å². The molecular weight excluding hydrogens is 266 g/mol. The number of carbonyl (C=O) groups is 2. The minimum Gasteiger partial charge on any atom is -0.366 e. The van der Waals surface area contributed by atoms with Gasteiger partial charge in [0.25, 0.3) is 0 Å². The summed E-state index contributed by atoms with van der Waals surface area (Å²) in [5.41, 5.74) is 8.34. The molecule has 0 saturated carbocycles. The molecule has 0 atom stereocenters. The van der Waals surface area contributed by atoms with Crippen molar-refractivity contribution in [2.75, 3.05) is 5.32 Å². The number of anilines is 1. The van der Waals surface area contributed by atoms with Gasteiger partial charge in [-0.05, 0) is 36.8 Å². The molecule has 5 heteroatoms. The van der Waals surface area contributed by atoms with Gasteiger partial charge in [-0.3, -0.25) is 4.79 Å². The van der Waals surface area contributed by atoms with Crippen LogP contribution in [0.5, 0.6) is 0 Å². The summed E-state index contributed by atoms with van der Waals surface area (Å²) in [6.07, 6.45) is 0. The monoisotopic (exact) mass is 283 g/mol. The molecule has 0 radical (unpaired) electrons. The summed E-state index contributed by atoms with van der Waals surface area (Å²) in [6.45, 7) is 2.46. The molecule has 21 heavy (non-hydrogen) atoms. The van der Waals surface area contributed by atoms with Crippen molar-refractivity contribution in [2.24, 2.45) is 5.73 Å². The molecule has 108 valence electrons. The van der Waals surface area contributed by atoms with Crippen molar-refractivity contribution in [1.82, 2.24) is 5.32 Å². The molecule has 3 amide bonds. The number of nitrogens with two attached hydrogens (primary N) is 1. The molecule has 0 unspecified atom stereocenters. The molecule has 0 aliphatic rings. The van der Waals surface area contributed by atoms with Crippen LogP contribution in [0.1, 0.15) is 21.5 Å². The fourth-order valence-corrected chi connectivity index (χ4v) is 1.90. The Labute approximate surface area is 123 Å². The summed E-state index contributed by atoms with van der Waals surface area (Å²) in [5, 5.41) is 5.46. The first-order valence-electron chi connectivity index (χ1n) is 6.55. The highest BCUT2D eigenvalue weighted by Gasteiger charge is 2.03. The highest BCUT2D eigenvalue weighted by Crippen LogP contribution is 2.09. The lowest BCUT2D eigenvalue weighted by atomic mass is 10.1. The standard InChI is InChI=1S/C16H17N3O2/c1-11-3-2-4-12(9-11)10-18-16(21)19-14-7-5-13(6-8-14)15(17)20/h2-9H,10H2,1H3,(H2,17,20)(H2,18,19,21). The molecule has 0 spiro atoms. The predicted octanol–water partition coefficient (Wildman–Crippen LogP) is 2.42. The summed E-state index contributed by atoms with van der Waals surface area (Å²) < 4.78 is 0. The minimum atomic E-state index is -0.495. The fourth-order valence-electron chi connectivity index (χ4n) is 1.90. The van der Waals surface area contributed by atoms with Crippen molar-refractivity contribution in [3.8, 4) is 0 Å². The number of nitrogens with one attached hydrogen (secondary N) is 2. The van der Waals surface area contributed by atoms with E-state index in [0.29, 0.717) is 17.8 Å². The van der Waals surface area contributed by atoms with Crippen molar-refractivity contribution in [3.63, 3.8) is 0 Å². The van der Waals surface area contributed by atoms with Gasteiger partial charge in [0, 0.05) is 17.8 Å². The Morgan fingerprint density at radius 2 is 1.81 bits per heavy atom. The SMILES string of the molecule is Cc1cccc(CNC(=O)Nc2ccc(C(N)=O)cc2)c1. The predicted molar refractivity (Wildman–Crippen MR) is 82.0 cm³/mol. The van der Waals surface area contributed by atoms with Crippen LogP contribution in [-0.4, -0.2) is 11.9 Å². The van der Waals surface area contributed by atoms with Gasteiger partial charge in [0.1, 0.15) is 0 Å². The van der Waals surface area contributed by atoms with E-state index in [1.807, 2.05) is 31.2 Å². The first-order chi connectivity index (χ1) is 10.0. The molecule has 0 aliphatic carbocycles. The average Bonchev–Trinajstić information content (AvgIpc) is 2.46. The van der Waals surface area contributed by atoms with Gasteiger partial charge in [0.15, 0.2) is 0 Å². The second-order valence-electron chi connectivity index (χ2n) is 4.74. The van der Waals surface area contributed by atoms with Crippen LogP contribution < -0.4 is 16.4 Å². The van der Waals surface area contributed by atoms with Gasteiger partial charge < -0.3 is 16.4 Å². The van der Waals surface area contributed by atoms with Crippen molar-refractivity contribution in [3.05, 3.63) is 65.2 Å². The molecule has 0 saturated heterocycles. The fraction of sp³-hybridized carbons (Fsp3) is 0.125. The van der Waals surface area contributed by atoms with E-state index in [2.05, 4.69) is 10.6 Å². The van der Waals surface area contributed by atoms with Crippen LogP contribution >= 0.6 is 0 Å². The Morgan fingerprint density at radius 1 is 1.10 bits per heavy atom. The zero-order chi connectivity index (χ0) is 15.2. The molecule has 2 rings (SSSR count). The maximum Gasteiger partial charge on any atom is 0.319 e. The Balaban J connectivity index is 1.88. The second kappa shape index (κ2) is 6.56. The Bertz CT molecular complexity index is 651. The molecule has 4 N–H and O–H groups in total. The summed E-state index contributed by atoms with van der Waals surface area (Å²) in [6, 6.07) is 14.0. The van der Waals surface area contributed by atoms with E-state index in [4.69, 9.17) is 5.73 Å². The van der Waals surface area contributed by atoms with Crippen molar-refractivity contribution in [1.29, 1.82) is 0 Å². The number of carbonyl (C=O) groups excluding carboxylic acids is 2. The van der Waals surface area contributed by atoms with E-state index in [9.17, 15) is 9.59 Å². The zero-order valence-electron chi connectivity index (χ0n) is 11.7. The molecule has 2 aromatic rings. The summed E-state index contributed by atoms with van der Waals surface area (Å²) >= 11 is 0. The summed E-state index contributed by atoms with van der Waals surface area (Å²) in [4.78, 5) is 22.7. The van der Waals surface area contributed by atoms with E-state index < -0.39 is 5.91 Å². The largest absolute Gasteiger partial charge is 0.366 e. The number of primary amides is 1. The Hall–Kier alpha value is -2.82. The van der Waals surface area contributed by atoms with Crippen LogP contribution in [0.2, 0.25) is 0 Å². The van der Waals surface area contributed by atoms with Crippen LogP contribution in [0.25, 0.3) is 0 Å². The Morgan fingerprint density at radius 3 is 2.43 bits per heavy atom. The number of hydrogen-bond acceptors (Lipinski definition) is 2. The lowest BCUT2D eigenvalue weighted by molar-refractivity contribution is 0.100. The van der Waals surface area contributed by atoms with Crippen LogP contribution in [0.15, 0.2) is 48.5 Å². The molecule has 0 aromatic heterocycles. The highest BCUT2D eigenvalue weighted by molar-refractivity contribution is 5.94. The summed E-state index contributed by atoms with van der Waals surface area (Å²) in [7, 11) is 0. The number of benzene rings is 2. The topological polar surface area (TPSA) is 84.2 Å². The van der Waals surface area contributed by atoms with Gasteiger partial charge in [-0.25, -0.2) is 4.79 Å². The lowest BCUT2D eigenvalue weighted by Gasteiger charge is -2.08. The van der Waals surface area contributed by atoms with Crippen LogP contribution in [0.3, 0.4) is 0 Å². The van der Waals surface area contributed by atoms with Crippen LogP contribution in [0, 0.1) is 6.92 Å². The van der Waals surface area contributed by atoms with Crippen LogP contribution in [-0.2, 0) is 6.54 Å². The van der Waals surface area contributed by atoms with E-state index in [0.717, 1.165) is 11.1 Å². The van der Waals surface area contributed by atoms with E-state index in [1.165, 1.54) is 0 Å². The third-order valence-corrected chi connectivity index (χ3v) is 2.96. The molecule has 0 fully saturated rings. The first kappa shape index (κ1) is 14.6. The maximum atomic E-state index is 11.8. The van der Waals surface area contributed by atoms with E-state index in [1.54, 1.807) is 24.3 Å². The lowest BCUT2D eigenvalue weighted by Crippen LogP contribution is -2.28. The molecule has 0 bridgehead atoms. The van der Waals surface area contributed by atoms with Gasteiger partial charge in [0.05, 0.1) is 0 Å². The van der Waals surface area contributed by atoms with Gasteiger partial charge in [-0.2, -0.15) is 0 Å². The maximum absolute atomic E-state index is 11.8. The molecule has 0 aliphatic heterocycles. The van der Waals surface area contributed by atoms with Gasteiger partial charge in [0.2, 0.25) is 5.91 Å². The van der Waals surface area contributed by atoms with Gasteiger partial charge >= 0.3 is 6.03 Å². The van der Waals surface area contributed by atoms with Crippen molar-refractivity contribution >= 4 is 17.6 Å². The van der Waals surface area contributed by atoms with Gasteiger partial charge in [-0.15, -0.1) is 0 Å². The first-order valence-corrected chi connectivity index (χ1v) is 6.55. The molecular formula is C16H17N3O2. The van der Waals surface area contributed by atoms with Gasteiger partial charge in [-0.1, -0.05) is 29.8 Å². The number of hydrogen-bond donors (Lipinski definition) is 3. The third kappa shape index (κ3) is 4.35. The second-order valence-corrected chi connectivity index (χ2v) is 4.74. The Kier molecular flexibility index (Phi) is 4.56. The van der Waals surface area contributed by atoms with E-state index in [-0.39, 0.29) is 6.03 Å². The highest BCUT2D eigenvalue weighted by atomic mass is 16.2. The smallest absolute Gasteiger partial charge is 0.319 e.